The van der Waals surface area contributed by atoms with Crippen LogP contribution < -0.4 is 11.5 Å². The van der Waals surface area contributed by atoms with Crippen molar-refractivity contribution in [3.63, 3.8) is 0 Å². The summed E-state index contributed by atoms with van der Waals surface area (Å²) < 4.78 is 5.43. The Kier molecular flexibility index (Phi) is 7.33. The van der Waals surface area contributed by atoms with Gasteiger partial charge in [-0.25, -0.2) is 4.99 Å². The summed E-state index contributed by atoms with van der Waals surface area (Å²) in [6.45, 7) is 12.8. The second-order valence-corrected chi connectivity index (χ2v) is 8.82. The van der Waals surface area contributed by atoms with Gasteiger partial charge in [-0.15, -0.1) is 0 Å². The second-order valence-electron chi connectivity index (χ2n) is 8.82. The summed E-state index contributed by atoms with van der Waals surface area (Å²) in [5, 5.41) is 4.22. The highest BCUT2D eigenvalue weighted by molar-refractivity contribution is 6.09. The van der Waals surface area contributed by atoms with Gasteiger partial charge >= 0.3 is 11.8 Å². The van der Waals surface area contributed by atoms with Crippen molar-refractivity contribution >= 4 is 17.7 Å². The summed E-state index contributed by atoms with van der Waals surface area (Å²) in [6, 6.07) is 7.91. The van der Waals surface area contributed by atoms with Crippen LogP contribution in [0.15, 0.2) is 52.4 Å². The maximum absolute atomic E-state index is 12.9. The lowest BCUT2D eigenvalue weighted by molar-refractivity contribution is 0.0615. The van der Waals surface area contributed by atoms with E-state index in [1.807, 2.05) is 31.3 Å². The molecule has 1 atom stereocenters. The predicted octanol–water partition coefficient (Wildman–Crippen LogP) is 2.22. The molecule has 2 heterocycles. The number of aromatic nitrogens is 2. The minimum Gasteiger partial charge on any atom is -0.404 e. The molecule has 1 aliphatic rings. The van der Waals surface area contributed by atoms with Crippen LogP contribution in [-0.2, 0) is 5.41 Å². The van der Waals surface area contributed by atoms with Crippen molar-refractivity contribution in [2.75, 3.05) is 33.2 Å². The zero-order valence-electron chi connectivity index (χ0n) is 19.8. The van der Waals surface area contributed by atoms with E-state index >= 15 is 0 Å². The third-order valence-corrected chi connectivity index (χ3v) is 6.39. The van der Waals surface area contributed by atoms with Crippen LogP contribution in [0.3, 0.4) is 0 Å². The molecule has 1 aromatic heterocycles. The van der Waals surface area contributed by atoms with Crippen LogP contribution in [0.5, 0.6) is 0 Å². The van der Waals surface area contributed by atoms with E-state index in [0.717, 1.165) is 29.8 Å². The van der Waals surface area contributed by atoms with Crippen LogP contribution in [0.1, 0.15) is 48.4 Å². The number of likely N-dealkylation sites (N-methyl/N-ethyl adjacent to an activating group) is 1. The van der Waals surface area contributed by atoms with Crippen LogP contribution in [-0.4, -0.2) is 65.3 Å². The van der Waals surface area contributed by atoms with Crippen molar-refractivity contribution in [3.05, 3.63) is 65.7 Å². The van der Waals surface area contributed by atoms with Gasteiger partial charge in [0, 0.05) is 44.2 Å². The number of rotatable bonds is 7. The van der Waals surface area contributed by atoms with Crippen molar-refractivity contribution in [1.29, 1.82) is 0 Å². The molecular formula is C24H33N7O2. The molecule has 0 spiro atoms. The van der Waals surface area contributed by atoms with Crippen LogP contribution in [0.4, 0.5) is 0 Å². The predicted molar refractivity (Wildman–Crippen MR) is 129 cm³/mol. The largest absolute Gasteiger partial charge is 0.404 e. The molecule has 4 N–H and O–H groups in total. The first kappa shape index (κ1) is 24.2. The van der Waals surface area contributed by atoms with E-state index in [1.165, 1.54) is 6.20 Å². The zero-order chi connectivity index (χ0) is 24.2. The van der Waals surface area contributed by atoms with Crippen LogP contribution in [0.25, 0.3) is 5.57 Å². The van der Waals surface area contributed by atoms with Gasteiger partial charge < -0.3 is 25.8 Å². The van der Waals surface area contributed by atoms with Crippen molar-refractivity contribution in [2.24, 2.45) is 22.4 Å². The van der Waals surface area contributed by atoms with Crippen LogP contribution in [0.2, 0.25) is 0 Å². The Bertz CT molecular complexity index is 1050. The molecule has 0 aliphatic carbocycles. The maximum Gasteiger partial charge on any atom is 0.316 e. The molecule has 3 rings (SSSR count). The molecule has 1 aromatic carbocycles. The number of allylic oxidation sites excluding steroid dienone is 1. The van der Waals surface area contributed by atoms with E-state index in [1.54, 1.807) is 11.1 Å². The number of nitrogens with zero attached hydrogens (tertiary/aromatic N) is 5. The Morgan fingerprint density at radius 2 is 1.88 bits per heavy atom. The maximum atomic E-state index is 12.9. The average Bonchev–Trinajstić information content (AvgIpc) is 3.30. The van der Waals surface area contributed by atoms with E-state index in [0.29, 0.717) is 18.9 Å². The van der Waals surface area contributed by atoms with Gasteiger partial charge in [-0.3, -0.25) is 4.79 Å². The third kappa shape index (κ3) is 5.14. The summed E-state index contributed by atoms with van der Waals surface area (Å²) in [5.74, 6) is 0.640. The topological polar surface area (TPSA) is 127 Å². The number of benzene rings is 1. The minimum atomic E-state index is -0.561. The number of hydrogen-bond acceptors (Lipinski definition) is 8. The molecule has 1 unspecified atom stereocenters. The fraction of sp³-hybridized carbons (Fsp3) is 0.417. The SMILES string of the molecule is C=C(N)N=C/C(=C\N)c1ccc(C(C)(c2noc(C(=O)N3CCN(C)CC3)n2)C(C)C)cc1. The Morgan fingerprint density at radius 1 is 1.24 bits per heavy atom. The summed E-state index contributed by atoms with van der Waals surface area (Å²) in [4.78, 5) is 25.4. The fourth-order valence-electron chi connectivity index (χ4n) is 3.76. The molecule has 0 radical (unpaired) electrons. The normalized spacial score (nSPS) is 17.5. The van der Waals surface area contributed by atoms with Gasteiger partial charge in [0.2, 0.25) is 0 Å². The molecule has 2 aromatic rings. The molecule has 9 nitrogen and oxygen atoms in total. The Hall–Kier alpha value is -3.46. The van der Waals surface area contributed by atoms with E-state index in [9.17, 15) is 4.79 Å². The quantitative estimate of drug-likeness (QED) is 0.618. The Labute approximate surface area is 194 Å². The van der Waals surface area contributed by atoms with E-state index in [2.05, 4.69) is 47.4 Å². The number of hydrogen-bond donors (Lipinski definition) is 2. The summed E-state index contributed by atoms with van der Waals surface area (Å²) in [5.41, 5.74) is 13.3. The van der Waals surface area contributed by atoms with Crippen molar-refractivity contribution in [1.82, 2.24) is 19.9 Å². The number of aliphatic imine (C=N–C) groups is 1. The highest BCUT2D eigenvalue weighted by Gasteiger charge is 2.38. The number of piperazine rings is 1. The second kappa shape index (κ2) is 9.99. The number of carbonyl (C=O) groups excluding carboxylic acids is 1. The number of nitrogens with two attached hydrogens (primary N) is 2. The number of amides is 1. The monoisotopic (exact) mass is 451 g/mol. The summed E-state index contributed by atoms with van der Waals surface area (Å²) >= 11 is 0. The van der Waals surface area contributed by atoms with Crippen LogP contribution in [0, 0.1) is 5.92 Å². The Morgan fingerprint density at radius 3 is 2.42 bits per heavy atom. The highest BCUT2D eigenvalue weighted by Crippen LogP contribution is 2.37. The van der Waals surface area contributed by atoms with Gasteiger partial charge in [0.05, 0.1) is 5.41 Å². The van der Waals surface area contributed by atoms with Crippen molar-refractivity contribution in [2.45, 2.75) is 26.2 Å². The first-order valence-corrected chi connectivity index (χ1v) is 11.0. The molecule has 0 bridgehead atoms. The van der Waals surface area contributed by atoms with E-state index in [4.69, 9.17) is 16.0 Å². The third-order valence-electron chi connectivity index (χ3n) is 6.39. The standard InChI is InChI=1S/C24H33N7O2/c1-16(2)24(4,20-8-6-18(7-9-20)19(14-25)15-27-17(3)26)23-28-21(33-29-23)22(32)31-12-10-30(5)11-13-31/h6-9,14-16H,3,10-13,25-26H2,1-2,4-5H3/b19-14+,27-15?. The summed E-state index contributed by atoms with van der Waals surface area (Å²) in [6.07, 6.45) is 3.05. The molecule has 176 valence electrons. The van der Waals surface area contributed by atoms with Gasteiger partial charge in [-0.05, 0) is 31.0 Å². The molecule has 1 amide bonds. The molecule has 1 aliphatic heterocycles. The first-order valence-electron chi connectivity index (χ1n) is 11.0. The highest BCUT2D eigenvalue weighted by atomic mass is 16.5. The summed E-state index contributed by atoms with van der Waals surface area (Å²) in [7, 11) is 2.04. The zero-order valence-corrected chi connectivity index (χ0v) is 19.8. The van der Waals surface area contributed by atoms with Crippen molar-refractivity contribution < 1.29 is 9.32 Å². The van der Waals surface area contributed by atoms with Crippen molar-refractivity contribution in [3.8, 4) is 0 Å². The van der Waals surface area contributed by atoms with E-state index in [-0.39, 0.29) is 23.5 Å². The van der Waals surface area contributed by atoms with E-state index < -0.39 is 5.41 Å². The van der Waals surface area contributed by atoms with Gasteiger partial charge in [-0.2, -0.15) is 4.98 Å². The lowest BCUT2D eigenvalue weighted by atomic mass is 9.72. The van der Waals surface area contributed by atoms with Gasteiger partial charge in [0.25, 0.3) is 0 Å². The molecule has 0 saturated carbocycles. The molecular weight excluding hydrogens is 418 g/mol. The molecule has 1 saturated heterocycles. The van der Waals surface area contributed by atoms with Gasteiger partial charge in [-0.1, -0.05) is 49.8 Å². The smallest absolute Gasteiger partial charge is 0.316 e. The Balaban J connectivity index is 1.87. The lowest BCUT2D eigenvalue weighted by Gasteiger charge is -2.32. The van der Waals surface area contributed by atoms with Gasteiger partial charge in [0.1, 0.15) is 5.82 Å². The first-order chi connectivity index (χ1) is 15.7. The minimum absolute atomic E-state index is 0.0321. The molecule has 33 heavy (non-hydrogen) atoms. The van der Waals surface area contributed by atoms with Crippen LogP contribution >= 0.6 is 0 Å². The molecule has 1 fully saturated rings. The lowest BCUT2D eigenvalue weighted by Crippen LogP contribution is -2.47. The van der Waals surface area contributed by atoms with Gasteiger partial charge in [0.15, 0.2) is 5.82 Å². The number of carbonyl (C=O) groups is 1. The fourth-order valence-corrected chi connectivity index (χ4v) is 3.76. The average molecular weight is 452 g/mol. The molecule has 9 heteroatoms.